The Kier molecular flexibility index (Phi) is 2.15. The zero-order chi connectivity index (χ0) is 11.0. The van der Waals surface area contributed by atoms with E-state index in [4.69, 9.17) is 5.11 Å². The molecule has 0 amide bonds. The number of carboxylic acid groups (broad SMARTS) is 1. The van der Waals surface area contributed by atoms with Crippen molar-refractivity contribution in [2.24, 2.45) is 0 Å². The third kappa shape index (κ3) is 1.68. The maximum atomic E-state index is 12.9. The second-order valence-electron chi connectivity index (χ2n) is 3.24. The van der Waals surface area contributed by atoms with E-state index in [-0.39, 0.29) is 12.0 Å². The predicted molar refractivity (Wildman–Crippen MR) is 46.9 cm³/mol. The lowest BCUT2D eigenvalue weighted by Gasteiger charge is -2.21. The van der Waals surface area contributed by atoms with Gasteiger partial charge in [0.15, 0.2) is 0 Å². The number of cyclic esters (lactones) is 1. The minimum Gasteiger partial charge on any atom is -0.478 e. The van der Waals surface area contributed by atoms with Crippen LogP contribution in [-0.2, 0) is 16.0 Å². The first-order valence-corrected chi connectivity index (χ1v) is 4.30. The average Bonchev–Trinajstić information content (AvgIpc) is 2.16. The Morgan fingerprint density at radius 2 is 2.27 bits per heavy atom. The summed E-state index contributed by atoms with van der Waals surface area (Å²) in [5, 5.41) is 8.68. The number of carboxylic acids is 1. The standard InChI is InChI=1S/C10H7FO4/c11-6-1-2-7-5(3-6)4-8(9(12)13)15-10(7)14/h1-3,8H,4H2,(H,12,13)/t8-/m0/s1. The van der Waals surface area contributed by atoms with Crippen LogP contribution in [-0.4, -0.2) is 23.1 Å². The van der Waals surface area contributed by atoms with Crippen LogP contribution in [0, 0.1) is 5.82 Å². The topological polar surface area (TPSA) is 63.6 Å². The van der Waals surface area contributed by atoms with E-state index in [0.717, 1.165) is 12.1 Å². The van der Waals surface area contributed by atoms with Crippen LogP contribution < -0.4 is 0 Å². The smallest absolute Gasteiger partial charge is 0.345 e. The van der Waals surface area contributed by atoms with E-state index in [0.29, 0.717) is 5.56 Å². The summed E-state index contributed by atoms with van der Waals surface area (Å²) in [4.78, 5) is 21.9. The number of aliphatic carboxylic acids is 1. The summed E-state index contributed by atoms with van der Waals surface area (Å²) in [6, 6.07) is 3.60. The molecule has 0 saturated heterocycles. The number of benzene rings is 1. The Hall–Kier alpha value is -1.91. The maximum absolute atomic E-state index is 12.9. The average molecular weight is 210 g/mol. The summed E-state index contributed by atoms with van der Waals surface area (Å²) >= 11 is 0. The van der Waals surface area contributed by atoms with E-state index < -0.39 is 23.9 Å². The van der Waals surface area contributed by atoms with Gasteiger partial charge in [0, 0.05) is 6.42 Å². The summed E-state index contributed by atoms with van der Waals surface area (Å²) in [7, 11) is 0. The molecule has 5 heteroatoms. The summed E-state index contributed by atoms with van der Waals surface area (Å²) in [6.45, 7) is 0. The summed E-state index contributed by atoms with van der Waals surface area (Å²) < 4.78 is 17.5. The van der Waals surface area contributed by atoms with Gasteiger partial charge in [-0.1, -0.05) is 0 Å². The molecule has 0 radical (unpaired) electrons. The molecule has 1 aliphatic heterocycles. The first-order chi connectivity index (χ1) is 7.08. The van der Waals surface area contributed by atoms with Crippen LogP contribution in [0.5, 0.6) is 0 Å². The third-order valence-electron chi connectivity index (χ3n) is 2.22. The maximum Gasteiger partial charge on any atom is 0.345 e. The van der Waals surface area contributed by atoms with Gasteiger partial charge in [0.05, 0.1) is 5.56 Å². The molecule has 1 atom stereocenters. The fraction of sp³-hybridized carbons (Fsp3) is 0.200. The van der Waals surface area contributed by atoms with E-state index >= 15 is 0 Å². The van der Waals surface area contributed by atoms with Gasteiger partial charge >= 0.3 is 11.9 Å². The first kappa shape index (κ1) is 9.64. The summed E-state index contributed by atoms with van der Waals surface area (Å²) in [6.07, 6.45) is -1.21. The minimum absolute atomic E-state index is 0.00810. The van der Waals surface area contributed by atoms with Crippen molar-refractivity contribution in [2.75, 3.05) is 0 Å². The Balaban J connectivity index is 2.41. The number of rotatable bonds is 1. The van der Waals surface area contributed by atoms with Crippen LogP contribution in [0.3, 0.4) is 0 Å². The number of halogens is 1. The molecule has 0 aromatic heterocycles. The molecule has 1 aliphatic rings. The van der Waals surface area contributed by atoms with E-state index in [2.05, 4.69) is 4.74 Å². The largest absolute Gasteiger partial charge is 0.478 e. The van der Waals surface area contributed by atoms with Crippen molar-refractivity contribution in [2.45, 2.75) is 12.5 Å². The van der Waals surface area contributed by atoms with Crippen LogP contribution in [0.4, 0.5) is 4.39 Å². The monoisotopic (exact) mass is 210 g/mol. The molecule has 0 unspecified atom stereocenters. The molecule has 1 aromatic rings. The highest BCUT2D eigenvalue weighted by atomic mass is 19.1. The highest BCUT2D eigenvalue weighted by Crippen LogP contribution is 2.21. The number of hydrogen-bond acceptors (Lipinski definition) is 3. The molecule has 1 aromatic carbocycles. The number of esters is 1. The van der Waals surface area contributed by atoms with Gasteiger partial charge in [-0.2, -0.15) is 0 Å². The van der Waals surface area contributed by atoms with Crippen molar-refractivity contribution in [3.05, 3.63) is 35.1 Å². The number of carbonyl (C=O) groups is 2. The van der Waals surface area contributed by atoms with Gasteiger partial charge in [0.2, 0.25) is 6.10 Å². The molecule has 78 valence electrons. The normalized spacial score (nSPS) is 19.3. The van der Waals surface area contributed by atoms with Crippen molar-refractivity contribution >= 4 is 11.9 Å². The molecule has 0 bridgehead atoms. The SMILES string of the molecule is O=C1O[C@H](C(=O)O)Cc2cc(F)ccc21. The Morgan fingerprint density at radius 1 is 1.53 bits per heavy atom. The van der Waals surface area contributed by atoms with E-state index in [9.17, 15) is 14.0 Å². The predicted octanol–water partition coefficient (Wildman–Crippen LogP) is 0.992. The van der Waals surface area contributed by atoms with Gasteiger partial charge < -0.3 is 9.84 Å². The number of fused-ring (bicyclic) bond motifs is 1. The van der Waals surface area contributed by atoms with Gasteiger partial charge in [-0.25, -0.2) is 14.0 Å². The molecule has 0 saturated carbocycles. The van der Waals surface area contributed by atoms with Crippen molar-refractivity contribution in [3.63, 3.8) is 0 Å². The zero-order valence-electron chi connectivity index (χ0n) is 7.57. The van der Waals surface area contributed by atoms with E-state index in [1.165, 1.54) is 6.07 Å². The molecule has 2 rings (SSSR count). The number of hydrogen-bond donors (Lipinski definition) is 1. The lowest BCUT2D eigenvalue weighted by atomic mass is 9.98. The molecule has 0 spiro atoms. The number of ether oxygens (including phenoxy) is 1. The molecule has 4 nitrogen and oxygen atoms in total. The molecule has 1 N–H and O–H groups in total. The van der Waals surface area contributed by atoms with Crippen molar-refractivity contribution in [1.29, 1.82) is 0 Å². The second-order valence-corrected chi connectivity index (χ2v) is 3.24. The fourth-order valence-electron chi connectivity index (χ4n) is 1.50. The molecule has 15 heavy (non-hydrogen) atoms. The summed E-state index contributed by atoms with van der Waals surface area (Å²) in [5.41, 5.74) is 0.604. The minimum atomic E-state index is -1.22. The van der Waals surface area contributed by atoms with Crippen molar-refractivity contribution in [1.82, 2.24) is 0 Å². The van der Waals surface area contributed by atoms with Crippen molar-refractivity contribution in [3.8, 4) is 0 Å². The molecular formula is C10H7FO4. The molecule has 0 fully saturated rings. The van der Waals surface area contributed by atoms with Crippen LogP contribution >= 0.6 is 0 Å². The quantitative estimate of drug-likeness (QED) is 0.702. The Labute approximate surface area is 84.3 Å². The fourth-order valence-corrected chi connectivity index (χ4v) is 1.50. The van der Waals surface area contributed by atoms with Gasteiger partial charge in [-0.15, -0.1) is 0 Å². The first-order valence-electron chi connectivity index (χ1n) is 4.30. The number of carbonyl (C=O) groups excluding carboxylic acids is 1. The van der Waals surface area contributed by atoms with Gasteiger partial charge in [-0.05, 0) is 23.8 Å². The molecular weight excluding hydrogens is 203 g/mol. The molecule has 0 aliphatic carbocycles. The lowest BCUT2D eigenvalue weighted by Crippen LogP contribution is -2.34. The highest BCUT2D eigenvalue weighted by Gasteiger charge is 2.31. The van der Waals surface area contributed by atoms with Gasteiger partial charge in [0.1, 0.15) is 5.82 Å². The zero-order valence-corrected chi connectivity index (χ0v) is 7.57. The van der Waals surface area contributed by atoms with Crippen molar-refractivity contribution < 1.29 is 23.8 Å². The van der Waals surface area contributed by atoms with E-state index in [1.54, 1.807) is 0 Å². The van der Waals surface area contributed by atoms with E-state index in [1.807, 2.05) is 0 Å². The third-order valence-corrected chi connectivity index (χ3v) is 2.22. The van der Waals surface area contributed by atoms with Crippen LogP contribution in [0.15, 0.2) is 18.2 Å². The lowest BCUT2D eigenvalue weighted by molar-refractivity contribution is -0.147. The molecule has 1 heterocycles. The van der Waals surface area contributed by atoms with Crippen LogP contribution in [0.25, 0.3) is 0 Å². The van der Waals surface area contributed by atoms with Crippen LogP contribution in [0.1, 0.15) is 15.9 Å². The van der Waals surface area contributed by atoms with Gasteiger partial charge in [0.25, 0.3) is 0 Å². The Morgan fingerprint density at radius 3 is 2.93 bits per heavy atom. The summed E-state index contributed by atoms with van der Waals surface area (Å²) in [5.74, 6) is -2.44. The Bertz CT molecular complexity index is 441. The highest BCUT2D eigenvalue weighted by molar-refractivity contribution is 5.94. The van der Waals surface area contributed by atoms with Gasteiger partial charge in [-0.3, -0.25) is 0 Å². The second kappa shape index (κ2) is 3.34. The van der Waals surface area contributed by atoms with Crippen LogP contribution in [0.2, 0.25) is 0 Å².